The lowest BCUT2D eigenvalue weighted by Gasteiger charge is -2.40. The largest absolute Gasteiger partial charge is 0.495 e. The Morgan fingerprint density at radius 3 is 3.00 bits per heavy atom. The first-order valence-electron chi connectivity index (χ1n) is 8.30. The number of hydrogen-bond acceptors (Lipinski definition) is 5. The third-order valence-electron chi connectivity index (χ3n) is 5.08. The van der Waals surface area contributed by atoms with Crippen LogP contribution in [0.3, 0.4) is 0 Å². The molecule has 1 saturated carbocycles. The van der Waals surface area contributed by atoms with Crippen LogP contribution in [-0.2, 0) is 11.3 Å². The molecule has 1 aromatic rings. The molecule has 0 radical (unpaired) electrons. The van der Waals surface area contributed by atoms with Gasteiger partial charge in [0.15, 0.2) is 0 Å². The summed E-state index contributed by atoms with van der Waals surface area (Å²) >= 11 is 0. The van der Waals surface area contributed by atoms with E-state index in [2.05, 4.69) is 11.0 Å². The number of morpholine rings is 1. The number of nitrogens with zero attached hydrogens (tertiary/aromatic N) is 2. The predicted octanol–water partition coefficient (Wildman–Crippen LogP) is 1.93. The Balaban J connectivity index is 1.75. The first kappa shape index (κ1) is 16.3. The minimum atomic E-state index is -0.213. The Hall–Kier alpha value is -1.61. The molecular weight excluding hydrogens is 292 g/mol. The Bertz CT molecular complexity index is 584. The van der Waals surface area contributed by atoms with Crippen molar-refractivity contribution in [2.75, 3.05) is 26.9 Å². The monoisotopic (exact) mass is 316 g/mol. The number of ether oxygens (including phenoxy) is 2. The topological polar surface area (TPSA) is 65.7 Å². The molecule has 2 aliphatic rings. The van der Waals surface area contributed by atoms with Crippen molar-refractivity contribution >= 4 is 0 Å². The summed E-state index contributed by atoms with van der Waals surface area (Å²) in [5.41, 5.74) is 1.66. The van der Waals surface area contributed by atoms with E-state index in [1.54, 1.807) is 7.11 Å². The van der Waals surface area contributed by atoms with Gasteiger partial charge >= 0.3 is 0 Å². The smallest absolute Gasteiger partial charge is 0.136 e. The summed E-state index contributed by atoms with van der Waals surface area (Å²) in [5.74, 6) is 0.907. The Morgan fingerprint density at radius 1 is 1.43 bits per heavy atom. The van der Waals surface area contributed by atoms with E-state index in [1.807, 2.05) is 18.2 Å². The first-order chi connectivity index (χ1) is 11.2. The summed E-state index contributed by atoms with van der Waals surface area (Å²) in [5, 5.41) is 19.5. The zero-order valence-electron chi connectivity index (χ0n) is 13.6. The third-order valence-corrected chi connectivity index (χ3v) is 5.08. The van der Waals surface area contributed by atoms with Crippen molar-refractivity contribution in [2.24, 2.45) is 5.92 Å². The van der Waals surface area contributed by atoms with Crippen LogP contribution in [0.2, 0.25) is 0 Å². The quantitative estimate of drug-likeness (QED) is 0.919. The summed E-state index contributed by atoms with van der Waals surface area (Å²) < 4.78 is 10.9. The van der Waals surface area contributed by atoms with Gasteiger partial charge in [0, 0.05) is 25.0 Å². The Morgan fingerprint density at radius 2 is 2.30 bits per heavy atom. The number of methoxy groups -OCH3 is 1. The zero-order valence-corrected chi connectivity index (χ0v) is 13.6. The highest BCUT2D eigenvalue weighted by Gasteiger charge is 2.37. The van der Waals surface area contributed by atoms with Crippen LogP contribution in [0.1, 0.15) is 30.4 Å². The van der Waals surface area contributed by atoms with Gasteiger partial charge < -0.3 is 14.6 Å². The second-order valence-corrected chi connectivity index (χ2v) is 6.42. The Kier molecular flexibility index (Phi) is 5.16. The molecule has 124 valence electrons. The van der Waals surface area contributed by atoms with E-state index in [0.717, 1.165) is 44.5 Å². The third kappa shape index (κ3) is 3.50. The number of aliphatic hydroxyl groups excluding tert-OH is 1. The van der Waals surface area contributed by atoms with Gasteiger partial charge in [0.1, 0.15) is 11.8 Å². The van der Waals surface area contributed by atoms with E-state index in [4.69, 9.17) is 9.47 Å². The van der Waals surface area contributed by atoms with Crippen LogP contribution < -0.4 is 4.74 Å². The molecular formula is C18H24N2O3. The van der Waals surface area contributed by atoms with Crippen molar-refractivity contribution in [2.45, 2.75) is 38.0 Å². The fourth-order valence-electron chi connectivity index (χ4n) is 3.84. The van der Waals surface area contributed by atoms with E-state index < -0.39 is 0 Å². The summed E-state index contributed by atoms with van der Waals surface area (Å²) in [7, 11) is 1.58. The SMILES string of the molecule is COc1ccc(CN2CCOC[C@@H]2[C@@H]2CCC[C@H]2O)cc1C#N. The average molecular weight is 316 g/mol. The van der Waals surface area contributed by atoms with Gasteiger partial charge in [-0.3, -0.25) is 4.90 Å². The molecule has 0 aromatic heterocycles. The molecule has 1 aromatic carbocycles. The van der Waals surface area contributed by atoms with Crippen LogP contribution in [0.25, 0.3) is 0 Å². The van der Waals surface area contributed by atoms with Crippen molar-refractivity contribution < 1.29 is 14.6 Å². The summed E-state index contributed by atoms with van der Waals surface area (Å²) in [6, 6.07) is 8.21. The first-order valence-corrected chi connectivity index (χ1v) is 8.30. The normalized spacial score (nSPS) is 28.5. The lowest BCUT2D eigenvalue weighted by atomic mass is 9.93. The van der Waals surface area contributed by atoms with Gasteiger partial charge in [0.25, 0.3) is 0 Å². The molecule has 0 bridgehead atoms. The summed E-state index contributed by atoms with van der Waals surface area (Å²) in [4.78, 5) is 2.39. The van der Waals surface area contributed by atoms with E-state index in [1.165, 1.54) is 0 Å². The molecule has 5 nitrogen and oxygen atoms in total. The molecule has 2 fully saturated rings. The highest BCUT2D eigenvalue weighted by molar-refractivity contribution is 5.45. The van der Waals surface area contributed by atoms with Gasteiger partial charge in [-0.25, -0.2) is 0 Å². The molecule has 1 saturated heterocycles. The van der Waals surface area contributed by atoms with E-state index in [0.29, 0.717) is 23.8 Å². The highest BCUT2D eigenvalue weighted by Crippen LogP contribution is 2.33. The number of nitriles is 1. The van der Waals surface area contributed by atoms with Crippen LogP contribution >= 0.6 is 0 Å². The fourth-order valence-corrected chi connectivity index (χ4v) is 3.84. The minimum Gasteiger partial charge on any atom is -0.495 e. The molecule has 1 aliphatic carbocycles. The number of rotatable bonds is 4. The molecule has 0 amide bonds. The van der Waals surface area contributed by atoms with E-state index in [9.17, 15) is 10.4 Å². The molecule has 1 N–H and O–H groups in total. The molecule has 0 unspecified atom stereocenters. The Labute approximate surface area is 137 Å². The zero-order chi connectivity index (χ0) is 16.2. The predicted molar refractivity (Wildman–Crippen MR) is 86.1 cm³/mol. The molecule has 23 heavy (non-hydrogen) atoms. The van der Waals surface area contributed by atoms with Crippen molar-refractivity contribution in [3.63, 3.8) is 0 Å². The summed E-state index contributed by atoms with van der Waals surface area (Å²) in [6.45, 7) is 3.04. The molecule has 1 aliphatic heterocycles. The average Bonchev–Trinajstić information content (AvgIpc) is 3.01. The maximum atomic E-state index is 10.2. The van der Waals surface area contributed by atoms with Crippen molar-refractivity contribution in [1.82, 2.24) is 4.90 Å². The van der Waals surface area contributed by atoms with E-state index in [-0.39, 0.29) is 12.1 Å². The number of benzene rings is 1. The van der Waals surface area contributed by atoms with Gasteiger partial charge in [-0.15, -0.1) is 0 Å². The van der Waals surface area contributed by atoms with Crippen LogP contribution in [0, 0.1) is 17.2 Å². The lowest BCUT2D eigenvalue weighted by molar-refractivity contribution is -0.0536. The second-order valence-electron chi connectivity index (χ2n) is 6.42. The maximum Gasteiger partial charge on any atom is 0.136 e. The second kappa shape index (κ2) is 7.31. The van der Waals surface area contributed by atoms with Crippen LogP contribution in [0.4, 0.5) is 0 Å². The van der Waals surface area contributed by atoms with Crippen LogP contribution in [-0.4, -0.2) is 49.0 Å². The number of aliphatic hydroxyl groups is 1. The molecule has 3 rings (SSSR count). The standard InChI is InChI=1S/C18H24N2O3/c1-22-18-6-5-13(9-14(18)10-19)11-20-7-8-23-12-16(20)15-3-2-4-17(15)21/h5-6,9,15-17,21H,2-4,7-8,11-12H2,1H3/t15-,16+,17+/m0/s1. The van der Waals surface area contributed by atoms with Crippen molar-refractivity contribution in [1.29, 1.82) is 5.26 Å². The van der Waals surface area contributed by atoms with Gasteiger partial charge in [0.05, 0.1) is 32.0 Å². The fraction of sp³-hybridized carbons (Fsp3) is 0.611. The molecule has 3 atom stereocenters. The number of hydrogen-bond donors (Lipinski definition) is 1. The minimum absolute atomic E-state index is 0.213. The van der Waals surface area contributed by atoms with Crippen molar-refractivity contribution in [3.8, 4) is 11.8 Å². The van der Waals surface area contributed by atoms with Crippen LogP contribution in [0.15, 0.2) is 18.2 Å². The lowest BCUT2D eigenvalue weighted by Crippen LogP contribution is -2.50. The molecule has 0 spiro atoms. The van der Waals surface area contributed by atoms with Crippen molar-refractivity contribution in [3.05, 3.63) is 29.3 Å². The van der Waals surface area contributed by atoms with Gasteiger partial charge in [-0.05, 0) is 30.5 Å². The van der Waals surface area contributed by atoms with Gasteiger partial charge in [-0.2, -0.15) is 5.26 Å². The van der Waals surface area contributed by atoms with Gasteiger partial charge in [0.2, 0.25) is 0 Å². The van der Waals surface area contributed by atoms with Crippen LogP contribution in [0.5, 0.6) is 5.75 Å². The van der Waals surface area contributed by atoms with E-state index >= 15 is 0 Å². The highest BCUT2D eigenvalue weighted by atomic mass is 16.5. The summed E-state index contributed by atoms with van der Waals surface area (Å²) in [6.07, 6.45) is 2.85. The molecule has 1 heterocycles. The van der Waals surface area contributed by atoms with Gasteiger partial charge in [-0.1, -0.05) is 12.5 Å². The molecule has 5 heteroatoms. The maximum absolute atomic E-state index is 10.2.